The zero-order chi connectivity index (χ0) is 16.1. The molecule has 0 unspecified atom stereocenters. The zero-order valence-corrected chi connectivity index (χ0v) is 12.7. The highest BCUT2D eigenvalue weighted by molar-refractivity contribution is 5.88. The Kier molecular flexibility index (Phi) is 2.55. The van der Waals surface area contributed by atoms with Gasteiger partial charge >= 0.3 is 0 Å². The van der Waals surface area contributed by atoms with Crippen LogP contribution in [-0.2, 0) is 0 Å². The molecule has 24 heavy (non-hydrogen) atoms. The maximum Gasteiger partial charge on any atom is 0.200 e. The van der Waals surface area contributed by atoms with Gasteiger partial charge in [0.05, 0.1) is 17.3 Å². The van der Waals surface area contributed by atoms with Crippen LogP contribution in [0.25, 0.3) is 39.5 Å². The molecule has 5 aromatic rings. The number of nitrogens with zero attached hydrogens (tertiary/aromatic N) is 6. The molecule has 4 aromatic heterocycles. The van der Waals surface area contributed by atoms with Gasteiger partial charge in [-0.05, 0) is 13.0 Å². The minimum atomic E-state index is 0.566. The van der Waals surface area contributed by atoms with Crippen molar-refractivity contribution in [3.8, 4) is 22.8 Å². The van der Waals surface area contributed by atoms with Crippen molar-refractivity contribution in [2.24, 2.45) is 0 Å². The third-order valence-corrected chi connectivity index (χ3v) is 3.95. The molecule has 0 bridgehead atoms. The van der Waals surface area contributed by atoms with Gasteiger partial charge in [-0.1, -0.05) is 29.8 Å². The molecule has 2 N–H and O–H groups in total. The first kappa shape index (κ1) is 12.9. The van der Waals surface area contributed by atoms with E-state index in [1.54, 1.807) is 17.0 Å². The fourth-order valence-corrected chi connectivity index (χ4v) is 2.66. The number of aromatic amines is 2. The first-order chi connectivity index (χ1) is 11.8. The summed E-state index contributed by atoms with van der Waals surface area (Å²) >= 11 is 0. The number of H-pyrrole nitrogens is 2. The number of fused-ring (bicyclic) bond motifs is 3. The van der Waals surface area contributed by atoms with Crippen LogP contribution in [0.5, 0.6) is 0 Å². The first-order valence-corrected chi connectivity index (χ1v) is 7.45. The molecule has 0 aliphatic rings. The van der Waals surface area contributed by atoms with Crippen LogP contribution in [0.3, 0.4) is 0 Å². The van der Waals surface area contributed by atoms with Crippen LogP contribution in [0.1, 0.15) is 5.56 Å². The fourth-order valence-electron chi connectivity index (χ4n) is 2.66. The lowest BCUT2D eigenvalue weighted by Crippen LogP contribution is -1.89. The number of aryl methyl sites for hydroxylation is 1. The molecule has 5 rings (SSSR count). The summed E-state index contributed by atoms with van der Waals surface area (Å²) in [4.78, 5) is 8.84. The van der Waals surface area contributed by atoms with E-state index in [0.717, 1.165) is 22.3 Å². The van der Waals surface area contributed by atoms with Crippen molar-refractivity contribution in [1.29, 1.82) is 0 Å². The molecule has 0 aliphatic carbocycles. The van der Waals surface area contributed by atoms with Crippen molar-refractivity contribution < 1.29 is 0 Å². The van der Waals surface area contributed by atoms with E-state index in [9.17, 15) is 0 Å². The lowest BCUT2D eigenvalue weighted by molar-refractivity contribution is 0.929. The number of aromatic nitrogens is 8. The van der Waals surface area contributed by atoms with E-state index in [2.05, 4.69) is 54.5 Å². The molecule has 0 aliphatic heterocycles. The summed E-state index contributed by atoms with van der Waals surface area (Å²) in [6, 6.07) is 10.2. The quantitative estimate of drug-likeness (QED) is 0.521. The van der Waals surface area contributed by atoms with E-state index in [1.807, 2.05) is 18.2 Å². The van der Waals surface area contributed by atoms with Crippen molar-refractivity contribution in [1.82, 2.24) is 40.0 Å². The number of nitrogens with one attached hydrogen (secondary N) is 2. The largest absolute Gasteiger partial charge is 0.274 e. The number of hydrogen-bond donors (Lipinski definition) is 2. The van der Waals surface area contributed by atoms with Gasteiger partial charge in [0.2, 0.25) is 0 Å². The Morgan fingerprint density at radius 1 is 1.08 bits per heavy atom. The van der Waals surface area contributed by atoms with Crippen LogP contribution < -0.4 is 0 Å². The standard InChI is InChI=1S/C16H12N8/c1-9-2-4-10(5-3-9)12-6-13(21-20-12)15-19-16-11-7-18-22-14(11)17-8-24(16)23-15/h2-8H,1H3,(H,18,22)(H,20,21). The van der Waals surface area contributed by atoms with Gasteiger partial charge in [0.15, 0.2) is 17.1 Å². The van der Waals surface area contributed by atoms with E-state index < -0.39 is 0 Å². The van der Waals surface area contributed by atoms with Crippen LogP contribution in [0.4, 0.5) is 0 Å². The number of rotatable bonds is 2. The van der Waals surface area contributed by atoms with Crippen LogP contribution in [0, 0.1) is 6.92 Å². The predicted molar refractivity (Wildman–Crippen MR) is 88.2 cm³/mol. The molecule has 0 atom stereocenters. The average molecular weight is 316 g/mol. The highest BCUT2D eigenvalue weighted by Crippen LogP contribution is 2.23. The van der Waals surface area contributed by atoms with Gasteiger partial charge in [-0.3, -0.25) is 10.2 Å². The lowest BCUT2D eigenvalue weighted by Gasteiger charge is -1.95. The molecule has 8 nitrogen and oxygen atoms in total. The van der Waals surface area contributed by atoms with E-state index in [0.29, 0.717) is 17.1 Å². The Hall–Kier alpha value is -3.55. The summed E-state index contributed by atoms with van der Waals surface area (Å²) < 4.78 is 1.64. The van der Waals surface area contributed by atoms with E-state index >= 15 is 0 Å². The predicted octanol–water partition coefficient (Wildman–Crippen LogP) is 2.37. The second kappa shape index (κ2) is 4.72. The fraction of sp³-hybridized carbons (Fsp3) is 0.0625. The molecule has 8 heteroatoms. The van der Waals surface area contributed by atoms with Crippen molar-refractivity contribution >= 4 is 16.7 Å². The van der Waals surface area contributed by atoms with Gasteiger partial charge in [-0.2, -0.15) is 10.2 Å². The highest BCUT2D eigenvalue weighted by Gasteiger charge is 2.13. The highest BCUT2D eigenvalue weighted by atomic mass is 15.3. The third-order valence-electron chi connectivity index (χ3n) is 3.95. The Morgan fingerprint density at radius 3 is 2.83 bits per heavy atom. The SMILES string of the molecule is Cc1ccc(-c2cc(-c3nc4c5cn[nH]c5ncn4n3)[nH]n2)cc1. The van der Waals surface area contributed by atoms with Gasteiger partial charge < -0.3 is 0 Å². The second-order valence-electron chi connectivity index (χ2n) is 5.61. The average Bonchev–Trinajstić information content (AvgIpc) is 3.32. The van der Waals surface area contributed by atoms with E-state index in [1.165, 1.54) is 5.56 Å². The monoisotopic (exact) mass is 316 g/mol. The Labute approximate surface area is 135 Å². The maximum atomic E-state index is 4.59. The molecule has 0 saturated carbocycles. The molecule has 0 radical (unpaired) electrons. The van der Waals surface area contributed by atoms with Crippen LogP contribution >= 0.6 is 0 Å². The maximum absolute atomic E-state index is 4.59. The van der Waals surface area contributed by atoms with Gasteiger partial charge in [0.1, 0.15) is 12.0 Å². The molecule has 0 saturated heterocycles. The summed E-state index contributed by atoms with van der Waals surface area (Å²) in [7, 11) is 0. The summed E-state index contributed by atoms with van der Waals surface area (Å²) in [5.74, 6) is 0.566. The van der Waals surface area contributed by atoms with Gasteiger partial charge in [0.25, 0.3) is 0 Å². The van der Waals surface area contributed by atoms with Crippen molar-refractivity contribution in [3.05, 3.63) is 48.4 Å². The molecule has 0 amide bonds. The summed E-state index contributed by atoms with van der Waals surface area (Å²) in [6.07, 6.45) is 3.31. The lowest BCUT2D eigenvalue weighted by atomic mass is 10.1. The van der Waals surface area contributed by atoms with Crippen molar-refractivity contribution in [3.63, 3.8) is 0 Å². The minimum absolute atomic E-state index is 0.566. The third kappa shape index (κ3) is 1.89. The van der Waals surface area contributed by atoms with Crippen LogP contribution in [0.2, 0.25) is 0 Å². The summed E-state index contributed by atoms with van der Waals surface area (Å²) in [6.45, 7) is 2.06. The topological polar surface area (TPSA) is 100 Å². The minimum Gasteiger partial charge on any atom is -0.274 e. The van der Waals surface area contributed by atoms with Crippen LogP contribution in [0.15, 0.2) is 42.9 Å². The molecule has 0 spiro atoms. The Balaban J connectivity index is 1.61. The smallest absolute Gasteiger partial charge is 0.200 e. The second-order valence-corrected chi connectivity index (χ2v) is 5.61. The van der Waals surface area contributed by atoms with E-state index in [-0.39, 0.29) is 0 Å². The van der Waals surface area contributed by atoms with E-state index in [4.69, 9.17) is 0 Å². The molecule has 1 aromatic carbocycles. The van der Waals surface area contributed by atoms with Crippen molar-refractivity contribution in [2.75, 3.05) is 0 Å². The van der Waals surface area contributed by atoms with Gasteiger partial charge in [0, 0.05) is 5.56 Å². The summed E-state index contributed by atoms with van der Waals surface area (Å²) in [5, 5.41) is 19.5. The first-order valence-electron chi connectivity index (χ1n) is 7.45. The van der Waals surface area contributed by atoms with Crippen molar-refractivity contribution in [2.45, 2.75) is 6.92 Å². The van der Waals surface area contributed by atoms with Gasteiger partial charge in [-0.25, -0.2) is 14.5 Å². The normalized spacial score (nSPS) is 11.5. The van der Waals surface area contributed by atoms with Crippen LogP contribution in [-0.4, -0.2) is 40.0 Å². The molecular formula is C16H12N8. The van der Waals surface area contributed by atoms with Gasteiger partial charge in [-0.15, -0.1) is 5.10 Å². The Morgan fingerprint density at radius 2 is 1.96 bits per heavy atom. The molecular weight excluding hydrogens is 304 g/mol. The zero-order valence-electron chi connectivity index (χ0n) is 12.7. The molecule has 116 valence electrons. The Bertz CT molecular complexity index is 1160. The molecule has 0 fully saturated rings. The summed E-state index contributed by atoms with van der Waals surface area (Å²) in [5.41, 5.74) is 5.27. The number of hydrogen-bond acceptors (Lipinski definition) is 5. The molecule has 4 heterocycles. The number of benzene rings is 1.